The molecule has 0 bridgehead atoms. The van der Waals surface area contributed by atoms with Gasteiger partial charge in [0.2, 0.25) is 0 Å². The highest BCUT2D eigenvalue weighted by Gasteiger charge is 2.34. The molecular weight excluding hydrogens is 342 g/mol. The predicted molar refractivity (Wildman–Crippen MR) is 103 cm³/mol. The number of hydrogen-bond acceptors (Lipinski definition) is 4. The highest BCUT2D eigenvalue weighted by Crippen LogP contribution is 2.33. The molecule has 4 rings (SSSR count). The first-order valence-corrected chi connectivity index (χ1v) is 8.75. The fourth-order valence-electron chi connectivity index (χ4n) is 3.49. The molecule has 0 saturated carbocycles. The lowest BCUT2D eigenvalue weighted by Gasteiger charge is -2.23. The molecule has 1 aliphatic rings. The smallest absolute Gasteiger partial charge is 0.282 e. The summed E-state index contributed by atoms with van der Waals surface area (Å²) in [6.07, 6.45) is 0.780. The first-order chi connectivity index (χ1) is 13.1. The number of para-hydroxylation sites is 2. The van der Waals surface area contributed by atoms with Crippen molar-refractivity contribution in [2.24, 2.45) is 0 Å². The molecule has 6 heteroatoms. The number of aromatic nitrogens is 2. The second kappa shape index (κ2) is 6.72. The molecule has 0 unspecified atom stereocenters. The molecule has 0 saturated heterocycles. The molecule has 0 spiro atoms. The van der Waals surface area contributed by atoms with Crippen LogP contribution >= 0.6 is 0 Å². The largest absolute Gasteiger partial charge is 0.494 e. The summed E-state index contributed by atoms with van der Waals surface area (Å²) in [7, 11) is 1.43. The highest BCUT2D eigenvalue weighted by molar-refractivity contribution is 6.08. The standard InChI is InChI=1S/C21H19N3O3/c1-14-12-15-8-6-7-11-17(15)23(14)21(26)20-18(27-2)13-19(25)24(22-20)16-9-4-3-5-10-16/h3-11,13-14H,12H2,1-2H3/t14-/m0/s1. The molecular formula is C21H19N3O3. The third-order valence-corrected chi connectivity index (χ3v) is 4.75. The predicted octanol–water partition coefficient (Wildman–Crippen LogP) is 2.83. The lowest BCUT2D eigenvalue weighted by Crippen LogP contribution is -2.38. The Morgan fingerprint density at radius 1 is 1.11 bits per heavy atom. The maximum atomic E-state index is 13.4. The zero-order valence-corrected chi connectivity index (χ0v) is 15.1. The number of methoxy groups -OCH3 is 1. The van der Waals surface area contributed by atoms with Crippen molar-refractivity contribution in [3.05, 3.63) is 82.3 Å². The van der Waals surface area contributed by atoms with Crippen molar-refractivity contribution in [3.8, 4) is 11.4 Å². The van der Waals surface area contributed by atoms with Gasteiger partial charge in [0.1, 0.15) is 0 Å². The van der Waals surface area contributed by atoms with E-state index in [4.69, 9.17) is 4.74 Å². The number of carbonyl (C=O) groups is 1. The monoisotopic (exact) mass is 361 g/mol. The van der Waals surface area contributed by atoms with Crippen molar-refractivity contribution in [2.45, 2.75) is 19.4 Å². The van der Waals surface area contributed by atoms with E-state index < -0.39 is 0 Å². The second-order valence-corrected chi connectivity index (χ2v) is 6.50. The van der Waals surface area contributed by atoms with Crippen LogP contribution < -0.4 is 15.2 Å². The Labute approximate surface area is 156 Å². The minimum atomic E-state index is -0.357. The van der Waals surface area contributed by atoms with Gasteiger partial charge in [-0.05, 0) is 37.1 Å². The van der Waals surface area contributed by atoms with Crippen LogP contribution in [0.1, 0.15) is 23.0 Å². The summed E-state index contributed by atoms with van der Waals surface area (Å²) in [4.78, 5) is 27.5. The average molecular weight is 361 g/mol. The van der Waals surface area contributed by atoms with Gasteiger partial charge in [-0.3, -0.25) is 9.59 Å². The van der Waals surface area contributed by atoms with Gasteiger partial charge in [0.25, 0.3) is 11.5 Å². The van der Waals surface area contributed by atoms with E-state index >= 15 is 0 Å². The van der Waals surface area contributed by atoms with E-state index in [0.29, 0.717) is 5.69 Å². The number of fused-ring (bicyclic) bond motifs is 1. The van der Waals surface area contributed by atoms with Crippen LogP contribution in [0.25, 0.3) is 5.69 Å². The number of nitrogens with zero attached hydrogens (tertiary/aromatic N) is 3. The number of ether oxygens (including phenoxy) is 1. The van der Waals surface area contributed by atoms with Gasteiger partial charge < -0.3 is 9.64 Å². The van der Waals surface area contributed by atoms with E-state index in [1.165, 1.54) is 17.9 Å². The van der Waals surface area contributed by atoms with Crippen LogP contribution in [0, 0.1) is 0 Å². The molecule has 1 atom stereocenters. The number of rotatable bonds is 3. The quantitative estimate of drug-likeness (QED) is 0.720. The molecule has 1 aliphatic heterocycles. The highest BCUT2D eigenvalue weighted by atomic mass is 16.5. The summed E-state index contributed by atoms with van der Waals surface area (Å²) in [5, 5.41) is 4.35. The Kier molecular flexibility index (Phi) is 4.24. The van der Waals surface area contributed by atoms with Gasteiger partial charge in [-0.25, -0.2) is 0 Å². The first kappa shape index (κ1) is 17.0. The maximum Gasteiger partial charge on any atom is 0.282 e. The molecule has 0 aliphatic carbocycles. The summed E-state index contributed by atoms with van der Waals surface area (Å²) in [5.41, 5.74) is 2.34. The molecule has 27 heavy (non-hydrogen) atoms. The van der Waals surface area contributed by atoms with Crippen molar-refractivity contribution in [2.75, 3.05) is 12.0 Å². The van der Waals surface area contributed by atoms with Gasteiger partial charge in [0.05, 0.1) is 18.9 Å². The zero-order valence-electron chi connectivity index (χ0n) is 15.1. The summed E-state index contributed by atoms with van der Waals surface area (Å²) >= 11 is 0. The first-order valence-electron chi connectivity index (χ1n) is 8.75. The van der Waals surface area contributed by atoms with Crippen molar-refractivity contribution in [1.82, 2.24) is 9.78 Å². The van der Waals surface area contributed by atoms with Gasteiger partial charge in [-0.1, -0.05) is 36.4 Å². The van der Waals surface area contributed by atoms with Crippen LogP contribution in [0.4, 0.5) is 5.69 Å². The molecule has 1 amide bonds. The number of anilines is 1. The third-order valence-electron chi connectivity index (χ3n) is 4.75. The van der Waals surface area contributed by atoms with E-state index in [1.807, 2.05) is 49.4 Å². The van der Waals surface area contributed by atoms with E-state index in [-0.39, 0.29) is 29.0 Å². The van der Waals surface area contributed by atoms with Gasteiger partial charge >= 0.3 is 0 Å². The van der Waals surface area contributed by atoms with Crippen LogP contribution in [-0.4, -0.2) is 28.8 Å². The lowest BCUT2D eigenvalue weighted by molar-refractivity contribution is 0.0971. The molecule has 0 radical (unpaired) electrons. The number of benzene rings is 2. The molecule has 0 fully saturated rings. The minimum Gasteiger partial charge on any atom is -0.494 e. The minimum absolute atomic E-state index is 0.00138. The Morgan fingerprint density at radius 3 is 2.56 bits per heavy atom. The van der Waals surface area contributed by atoms with Crippen LogP contribution in [0.2, 0.25) is 0 Å². The summed E-state index contributed by atoms with van der Waals surface area (Å²) in [6.45, 7) is 2.00. The molecule has 0 N–H and O–H groups in total. The van der Waals surface area contributed by atoms with Crippen LogP contribution in [0.15, 0.2) is 65.5 Å². The Bertz CT molecular complexity index is 1060. The molecule has 2 aromatic carbocycles. The number of amides is 1. The van der Waals surface area contributed by atoms with Crippen LogP contribution in [0.3, 0.4) is 0 Å². The Hall–Kier alpha value is -3.41. The number of hydrogen-bond donors (Lipinski definition) is 0. The van der Waals surface area contributed by atoms with Gasteiger partial charge in [0.15, 0.2) is 11.4 Å². The Morgan fingerprint density at radius 2 is 1.81 bits per heavy atom. The van der Waals surface area contributed by atoms with Crippen molar-refractivity contribution < 1.29 is 9.53 Å². The molecule has 1 aromatic heterocycles. The Balaban J connectivity index is 1.84. The van der Waals surface area contributed by atoms with Crippen molar-refractivity contribution >= 4 is 11.6 Å². The second-order valence-electron chi connectivity index (χ2n) is 6.50. The van der Waals surface area contributed by atoms with Crippen LogP contribution in [0.5, 0.6) is 5.75 Å². The van der Waals surface area contributed by atoms with E-state index in [2.05, 4.69) is 5.10 Å². The van der Waals surface area contributed by atoms with Gasteiger partial charge in [-0.15, -0.1) is 0 Å². The number of carbonyl (C=O) groups excluding carboxylic acids is 1. The van der Waals surface area contributed by atoms with Gasteiger partial charge in [0, 0.05) is 11.7 Å². The van der Waals surface area contributed by atoms with Crippen molar-refractivity contribution in [1.29, 1.82) is 0 Å². The molecule has 3 aromatic rings. The topological polar surface area (TPSA) is 64.4 Å². The molecule has 6 nitrogen and oxygen atoms in total. The van der Waals surface area contributed by atoms with Crippen LogP contribution in [-0.2, 0) is 6.42 Å². The van der Waals surface area contributed by atoms with Crippen molar-refractivity contribution in [3.63, 3.8) is 0 Å². The van der Waals surface area contributed by atoms with E-state index in [0.717, 1.165) is 17.7 Å². The fourth-order valence-corrected chi connectivity index (χ4v) is 3.49. The average Bonchev–Trinajstić information content (AvgIpc) is 3.03. The molecule has 136 valence electrons. The summed E-state index contributed by atoms with van der Waals surface area (Å²) < 4.78 is 6.52. The summed E-state index contributed by atoms with van der Waals surface area (Å²) in [5.74, 6) is -0.109. The lowest BCUT2D eigenvalue weighted by atomic mass is 10.1. The maximum absolute atomic E-state index is 13.4. The fraction of sp³-hybridized carbons (Fsp3) is 0.190. The summed E-state index contributed by atoms with van der Waals surface area (Å²) in [6, 6.07) is 18.1. The third kappa shape index (κ3) is 2.89. The van der Waals surface area contributed by atoms with E-state index in [9.17, 15) is 9.59 Å². The molecule has 2 heterocycles. The normalized spacial score (nSPS) is 15.5. The zero-order chi connectivity index (χ0) is 19.0. The van der Waals surface area contributed by atoms with Gasteiger partial charge in [-0.2, -0.15) is 9.78 Å². The SMILES string of the molecule is COc1cc(=O)n(-c2ccccc2)nc1C(=O)N1c2ccccc2C[C@@H]1C. The van der Waals surface area contributed by atoms with E-state index in [1.54, 1.807) is 17.0 Å².